The predicted molar refractivity (Wildman–Crippen MR) is 26.7 cm³/mol. The molecule has 0 saturated carbocycles. The van der Waals surface area contributed by atoms with Crippen LogP contribution in [0.5, 0.6) is 0 Å². The molecule has 0 bridgehead atoms. The van der Waals surface area contributed by atoms with E-state index in [0.29, 0.717) is 0 Å². The van der Waals surface area contributed by atoms with Crippen molar-refractivity contribution < 1.29 is 23.7 Å². The van der Waals surface area contributed by atoms with E-state index in [1.807, 2.05) is 0 Å². The second kappa shape index (κ2) is 8.64. The van der Waals surface area contributed by atoms with Gasteiger partial charge in [0.25, 0.3) is 0 Å². The fourth-order valence-electron chi connectivity index (χ4n) is 0. The summed E-state index contributed by atoms with van der Waals surface area (Å²) in [7, 11) is -4.64. The molecule has 0 spiro atoms. The summed E-state index contributed by atoms with van der Waals surface area (Å²) < 4.78 is 17.9. The molecule has 8 heavy (non-hydrogen) atoms. The van der Waals surface area contributed by atoms with Gasteiger partial charge in [0.2, 0.25) is 0 Å². The van der Waals surface area contributed by atoms with E-state index in [2.05, 4.69) is 5.96 Å². The van der Waals surface area contributed by atoms with Gasteiger partial charge in [0.1, 0.15) is 0 Å². The van der Waals surface area contributed by atoms with Gasteiger partial charge in [-0.2, -0.15) is 5.96 Å². The summed E-state index contributed by atoms with van der Waals surface area (Å²) in [4.78, 5) is 21.6. The van der Waals surface area contributed by atoms with Crippen LogP contribution in [0.15, 0.2) is 0 Å². The van der Waals surface area contributed by atoms with E-state index >= 15 is 0 Å². The molecule has 0 aromatic carbocycles. The van der Waals surface area contributed by atoms with Crippen molar-refractivity contribution in [2.24, 2.45) is 5.96 Å². The fourth-order valence-corrected chi connectivity index (χ4v) is 0. The average Bonchev–Trinajstić information content (AvgIpc) is 1.36. The van der Waals surface area contributed by atoms with Crippen molar-refractivity contribution in [1.29, 1.82) is 0 Å². The van der Waals surface area contributed by atoms with Crippen LogP contribution in [0.1, 0.15) is 0 Å². The van der Waals surface area contributed by atoms with Crippen LogP contribution in [-0.4, -0.2) is 66.1 Å². The third-order valence-corrected chi connectivity index (χ3v) is 0. The van der Waals surface area contributed by atoms with Crippen molar-refractivity contribution in [2.75, 3.05) is 0 Å². The second-order valence-corrected chi connectivity index (χ2v) is 1.54. The molecule has 0 unspecified atom stereocenters. The number of halogens is 1. The molecule has 5 nitrogen and oxygen atoms in total. The number of hydrogen-bond acceptors (Lipinski definition) is 2. The molecule has 0 saturated heterocycles. The molecule has 0 fully saturated rings. The van der Waals surface area contributed by atoms with Crippen LogP contribution in [0.3, 0.4) is 0 Å². The SMILES string of the molecule is NF.O=P(O)(O)O.[KH]. The normalized spacial score (nSPS) is 8.12. The molecule has 0 amide bonds. The van der Waals surface area contributed by atoms with Gasteiger partial charge in [-0.25, -0.2) is 4.57 Å². The number of rotatable bonds is 0. The van der Waals surface area contributed by atoms with Gasteiger partial charge in [0.15, 0.2) is 0 Å². The zero-order valence-electron chi connectivity index (χ0n) is 3.15. The van der Waals surface area contributed by atoms with Crippen LogP contribution < -0.4 is 5.96 Å². The van der Waals surface area contributed by atoms with Crippen LogP contribution in [0.2, 0.25) is 0 Å². The predicted octanol–water partition coefficient (Wildman–Crippen LogP) is -1.75. The molecule has 0 aliphatic heterocycles. The fraction of sp³-hybridized carbons (Fsp3) is 0. The van der Waals surface area contributed by atoms with E-state index < -0.39 is 7.82 Å². The Morgan fingerprint density at radius 3 is 1.25 bits per heavy atom. The zero-order valence-corrected chi connectivity index (χ0v) is 4.05. The first-order chi connectivity index (χ1) is 3.00. The number of hydrogen-bond donors (Lipinski definition) is 4. The summed E-state index contributed by atoms with van der Waals surface area (Å²) in [5, 5.41) is 0. The Bertz CT molecular complexity index is 62.2. The first-order valence-corrected chi connectivity index (χ1v) is 2.57. The molecule has 0 aromatic rings. The van der Waals surface area contributed by atoms with Crippen molar-refractivity contribution in [3.8, 4) is 0 Å². The molecule has 5 N–H and O–H groups in total. The Hall–Kier alpha value is 1.64. The van der Waals surface area contributed by atoms with Gasteiger partial charge in [0, 0.05) is 0 Å². The summed E-state index contributed by atoms with van der Waals surface area (Å²) in [6, 6.07) is 0. The molecule has 0 atom stereocenters. The Kier molecular flexibility index (Phi) is 17.6. The third-order valence-electron chi connectivity index (χ3n) is 0. The molecule has 0 aromatic heterocycles. The van der Waals surface area contributed by atoms with Crippen LogP contribution in [0.25, 0.3) is 0 Å². The van der Waals surface area contributed by atoms with Gasteiger partial charge in [-0.15, -0.1) is 4.48 Å². The van der Waals surface area contributed by atoms with Crippen molar-refractivity contribution >= 4 is 59.2 Å². The van der Waals surface area contributed by atoms with Crippen molar-refractivity contribution in [1.82, 2.24) is 0 Å². The zero-order chi connectivity index (χ0) is 6.50. The van der Waals surface area contributed by atoms with Gasteiger partial charge in [-0.1, -0.05) is 0 Å². The Labute approximate surface area is 87.7 Å². The van der Waals surface area contributed by atoms with Crippen molar-refractivity contribution in [3.05, 3.63) is 0 Å². The monoisotopic (exact) mass is 173 g/mol. The molecule has 48 valence electrons. The van der Waals surface area contributed by atoms with E-state index in [1.54, 1.807) is 0 Å². The van der Waals surface area contributed by atoms with Gasteiger partial charge in [-0.05, 0) is 0 Å². The van der Waals surface area contributed by atoms with E-state index in [1.165, 1.54) is 0 Å². The number of phosphoric acid groups is 1. The molecule has 0 heterocycles. The molecule has 0 rings (SSSR count). The molecule has 0 radical (unpaired) electrons. The standard InChI is InChI=1S/FH2N.K.H3O4P.H/c1-2;;1-5(2,3)4;/h2H2;;(H3,1,2,3,4);. The van der Waals surface area contributed by atoms with Crippen LogP contribution in [-0.2, 0) is 4.57 Å². The second-order valence-electron chi connectivity index (χ2n) is 0.513. The van der Waals surface area contributed by atoms with Gasteiger partial charge >= 0.3 is 59.2 Å². The maximum atomic E-state index is 9.00. The molecular formula is H6FKNO4P. The van der Waals surface area contributed by atoms with Gasteiger partial charge in [0.05, 0.1) is 0 Å². The van der Waals surface area contributed by atoms with E-state index in [0.717, 1.165) is 0 Å². The first-order valence-electron chi connectivity index (χ1n) is 1.00. The number of nitrogens with two attached hydrogens (primary N) is 1. The van der Waals surface area contributed by atoms with Gasteiger partial charge < -0.3 is 14.7 Å². The van der Waals surface area contributed by atoms with Crippen molar-refractivity contribution in [2.45, 2.75) is 0 Å². The quantitative estimate of drug-likeness (QED) is 0.197. The third kappa shape index (κ3) is 126. The van der Waals surface area contributed by atoms with Crippen LogP contribution in [0, 0.1) is 0 Å². The van der Waals surface area contributed by atoms with Gasteiger partial charge in [-0.3, -0.25) is 0 Å². The van der Waals surface area contributed by atoms with E-state index in [4.69, 9.17) is 23.7 Å². The summed E-state index contributed by atoms with van der Waals surface area (Å²) >= 11 is 0. The summed E-state index contributed by atoms with van der Waals surface area (Å²) in [5.41, 5.74) is 0. The molecule has 8 heteroatoms. The summed E-state index contributed by atoms with van der Waals surface area (Å²) in [5.74, 6) is 3.00. The minimum atomic E-state index is -4.64. The minimum absolute atomic E-state index is 0. The topological polar surface area (TPSA) is 104 Å². The maximum absolute atomic E-state index is 9.00. The Balaban J connectivity index is -0.0000000750. The summed E-state index contributed by atoms with van der Waals surface area (Å²) in [6.07, 6.45) is 0. The van der Waals surface area contributed by atoms with Crippen molar-refractivity contribution in [3.63, 3.8) is 0 Å². The average molecular weight is 173 g/mol. The molecular weight excluding hydrogens is 167 g/mol. The van der Waals surface area contributed by atoms with Crippen LogP contribution in [0.4, 0.5) is 4.48 Å². The summed E-state index contributed by atoms with van der Waals surface area (Å²) in [6.45, 7) is 0. The van der Waals surface area contributed by atoms with E-state index in [9.17, 15) is 0 Å². The Morgan fingerprint density at radius 1 is 1.25 bits per heavy atom. The van der Waals surface area contributed by atoms with Crippen LogP contribution >= 0.6 is 7.82 Å². The molecule has 0 aliphatic rings. The van der Waals surface area contributed by atoms with E-state index in [-0.39, 0.29) is 51.4 Å². The Morgan fingerprint density at radius 2 is 1.25 bits per heavy atom. The first kappa shape index (κ1) is 16.3. The molecule has 0 aliphatic carbocycles.